The predicted molar refractivity (Wildman–Crippen MR) is 77.6 cm³/mol. The fourth-order valence-corrected chi connectivity index (χ4v) is 2.09. The lowest BCUT2D eigenvalue weighted by Crippen LogP contribution is -2.11. The van der Waals surface area contributed by atoms with Gasteiger partial charge in [0.2, 0.25) is 0 Å². The van der Waals surface area contributed by atoms with Gasteiger partial charge < -0.3 is 9.64 Å². The third kappa shape index (κ3) is 2.76. The molecule has 2 aromatic carbocycles. The summed E-state index contributed by atoms with van der Waals surface area (Å²) in [5, 5.41) is 0. The van der Waals surface area contributed by atoms with Crippen molar-refractivity contribution < 1.29 is 9.53 Å². The number of aldehydes is 1. The molecule has 0 bridgehead atoms. The van der Waals surface area contributed by atoms with Crippen LogP contribution in [-0.4, -0.2) is 20.4 Å². The largest absolute Gasteiger partial charge is 0.497 e. The SMILES string of the molecule is COc1cccc(N(C)c2ccc(C=O)cc2C)c1. The van der Waals surface area contributed by atoms with Crippen molar-refractivity contribution in [3.05, 3.63) is 53.6 Å². The monoisotopic (exact) mass is 255 g/mol. The highest BCUT2D eigenvalue weighted by molar-refractivity contribution is 5.78. The quantitative estimate of drug-likeness (QED) is 0.782. The highest BCUT2D eigenvalue weighted by Crippen LogP contribution is 2.29. The molecule has 0 aliphatic rings. The van der Waals surface area contributed by atoms with Gasteiger partial charge in [-0.15, -0.1) is 0 Å². The highest BCUT2D eigenvalue weighted by Gasteiger charge is 2.08. The van der Waals surface area contributed by atoms with Crippen LogP contribution in [0.4, 0.5) is 11.4 Å². The van der Waals surface area contributed by atoms with Crippen molar-refractivity contribution in [1.29, 1.82) is 0 Å². The van der Waals surface area contributed by atoms with E-state index in [9.17, 15) is 4.79 Å². The number of nitrogens with zero attached hydrogens (tertiary/aromatic N) is 1. The van der Waals surface area contributed by atoms with E-state index in [0.717, 1.165) is 29.0 Å². The molecule has 0 amide bonds. The number of rotatable bonds is 4. The van der Waals surface area contributed by atoms with Crippen molar-refractivity contribution in [1.82, 2.24) is 0 Å². The van der Waals surface area contributed by atoms with Crippen LogP contribution in [-0.2, 0) is 0 Å². The second kappa shape index (κ2) is 5.57. The van der Waals surface area contributed by atoms with Crippen LogP contribution < -0.4 is 9.64 Å². The molecular formula is C16H17NO2. The molecule has 0 heterocycles. The van der Waals surface area contributed by atoms with Crippen LogP contribution >= 0.6 is 0 Å². The molecule has 3 nitrogen and oxygen atoms in total. The molecule has 0 aliphatic carbocycles. The number of aryl methyl sites for hydroxylation is 1. The van der Waals surface area contributed by atoms with E-state index < -0.39 is 0 Å². The predicted octanol–water partition coefficient (Wildman–Crippen LogP) is 3.58. The molecule has 0 fully saturated rings. The minimum absolute atomic E-state index is 0.695. The highest BCUT2D eigenvalue weighted by atomic mass is 16.5. The van der Waals surface area contributed by atoms with Gasteiger partial charge in [-0.05, 0) is 42.8 Å². The Balaban J connectivity index is 2.37. The summed E-state index contributed by atoms with van der Waals surface area (Å²) in [5.74, 6) is 0.825. The van der Waals surface area contributed by atoms with Crippen molar-refractivity contribution in [2.45, 2.75) is 6.92 Å². The summed E-state index contributed by atoms with van der Waals surface area (Å²) in [6.45, 7) is 2.00. The number of methoxy groups -OCH3 is 1. The molecule has 0 radical (unpaired) electrons. The van der Waals surface area contributed by atoms with E-state index in [1.54, 1.807) is 7.11 Å². The van der Waals surface area contributed by atoms with Crippen molar-refractivity contribution in [3.63, 3.8) is 0 Å². The van der Waals surface area contributed by atoms with E-state index in [1.807, 2.05) is 56.4 Å². The van der Waals surface area contributed by atoms with Gasteiger partial charge in [0, 0.05) is 30.1 Å². The molecule has 2 rings (SSSR count). The van der Waals surface area contributed by atoms with E-state index in [-0.39, 0.29) is 0 Å². The van der Waals surface area contributed by atoms with E-state index >= 15 is 0 Å². The van der Waals surface area contributed by atoms with E-state index in [2.05, 4.69) is 4.90 Å². The fraction of sp³-hybridized carbons (Fsp3) is 0.188. The van der Waals surface area contributed by atoms with Crippen LogP contribution in [0, 0.1) is 6.92 Å². The fourth-order valence-electron chi connectivity index (χ4n) is 2.09. The zero-order chi connectivity index (χ0) is 13.8. The summed E-state index contributed by atoms with van der Waals surface area (Å²) in [6, 6.07) is 13.5. The Morgan fingerprint density at radius 3 is 2.58 bits per heavy atom. The number of hydrogen-bond donors (Lipinski definition) is 0. The second-order valence-electron chi connectivity index (χ2n) is 4.42. The first-order chi connectivity index (χ1) is 9.15. The Morgan fingerprint density at radius 2 is 1.95 bits per heavy atom. The van der Waals surface area contributed by atoms with Crippen molar-refractivity contribution in [2.75, 3.05) is 19.1 Å². The molecule has 0 N–H and O–H groups in total. The lowest BCUT2D eigenvalue weighted by atomic mass is 10.1. The molecule has 0 aliphatic heterocycles. The van der Waals surface area contributed by atoms with Crippen molar-refractivity contribution in [3.8, 4) is 5.75 Å². The lowest BCUT2D eigenvalue weighted by Gasteiger charge is -2.22. The van der Waals surface area contributed by atoms with Gasteiger partial charge in [0.15, 0.2) is 0 Å². The summed E-state index contributed by atoms with van der Waals surface area (Å²) >= 11 is 0. The van der Waals surface area contributed by atoms with Crippen LogP contribution in [0.3, 0.4) is 0 Å². The van der Waals surface area contributed by atoms with E-state index in [4.69, 9.17) is 4.74 Å². The first kappa shape index (κ1) is 13.1. The molecule has 0 saturated heterocycles. The molecule has 0 atom stereocenters. The Hall–Kier alpha value is -2.29. The summed E-state index contributed by atoms with van der Waals surface area (Å²) in [5.41, 5.74) is 3.87. The molecule has 19 heavy (non-hydrogen) atoms. The van der Waals surface area contributed by atoms with Gasteiger partial charge in [0.05, 0.1) is 7.11 Å². The number of benzene rings is 2. The first-order valence-corrected chi connectivity index (χ1v) is 6.09. The Bertz CT molecular complexity index is 593. The molecule has 0 aromatic heterocycles. The maximum atomic E-state index is 10.8. The average Bonchev–Trinajstić information content (AvgIpc) is 2.46. The Morgan fingerprint density at radius 1 is 1.16 bits per heavy atom. The summed E-state index contributed by atoms with van der Waals surface area (Å²) in [7, 11) is 3.65. The van der Waals surface area contributed by atoms with Gasteiger partial charge in [-0.25, -0.2) is 0 Å². The molecule has 0 unspecified atom stereocenters. The molecule has 2 aromatic rings. The number of carbonyl (C=O) groups is 1. The lowest BCUT2D eigenvalue weighted by molar-refractivity contribution is 0.112. The molecular weight excluding hydrogens is 238 g/mol. The van der Waals surface area contributed by atoms with Crippen LogP contribution in [0.5, 0.6) is 5.75 Å². The number of anilines is 2. The summed E-state index contributed by atoms with van der Waals surface area (Å²) < 4.78 is 5.23. The third-order valence-electron chi connectivity index (χ3n) is 3.16. The maximum absolute atomic E-state index is 10.8. The third-order valence-corrected chi connectivity index (χ3v) is 3.16. The minimum atomic E-state index is 0.695. The zero-order valence-electron chi connectivity index (χ0n) is 11.4. The summed E-state index contributed by atoms with van der Waals surface area (Å²) in [4.78, 5) is 12.8. The number of carbonyl (C=O) groups excluding carboxylic acids is 1. The molecule has 0 spiro atoms. The summed E-state index contributed by atoms with van der Waals surface area (Å²) in [6.07, 6.45) is 0.863. The van der Waals surface area contributed by atoms with Gasteiger partial charge in [0.25, 0.3) is 0 Å². The average molecular weight is 255 g/mol. The molecule has 3 heteroatoms. The zero-order valence-corrected chi connectivity index (χ0v) is 11.4. The second-order valence-corrected chi connectivity index (χ2v) is 4.42. The van der Waals surface area contributed by atoms with Gasteiger partial charge in [-0.3, -0.25) is 4.79 Å². The Labute approximate surface area is 113 Å². The maximum Gasteiger partial charge on any atom is 0.150 e. The minimum Gasteiger partial charge on any atom is -0.497 e. The van der Waals surface area contributed by atoms with Crippen LogP contribution in [0.15, 0.2) is 42.5 Å². The van der Waals surface area contributed by atoms with Crippen molar-refractivity contribution >= 4 is 17.7 Å². The van der Waals surface area contributed by atoms with Crippen LogP contribution in [0.2, 0.25) is 0 Å². The topological polar surface area (TPSA) is 29.5 Å². The normalized spacial score (nSPS) is 10.1. The molecule has 98 valence electrons. The first-order valence-electron chi connectivity index (χ1n) is 6.09. The van der Waals surface area contributed by atoms with E-state index in [0.29, 0.717) is 5.56 Å². The van der Waals surface area contributed by atoms with Crippen molar-refractivity contribution in [2.24, 2.45) is 0 Å². The van der Waals surface area contributed by atoms with Gasteiger partial charge in [-0.2, -0.15) is 0 Å². The van der Waals surface area contributed by atoms with Crippen LogP contribution in [0.1, 0.15) is 15.9 Å². The number of hydrogen-bond acceptors (Lipinski definition) is 3. The van der Waals surface area contributed by atoms with Gasteiger partial charge in [-0.1, -0.05) is 6.07 Å². The number of ether oxygens (including phenoxy) is 1. The van der Waals surface area contributed by atoms with E-state index in [1.165, 1.54) is 0 Å². The van der Waals surface area contributed by atoms with Crippen LogP contribution in [0.25, 0.3) is 0 Å². The van der Waals surface area contributed by atoms with Gasteiger partial charge >= 0.3 is 0 Å². The standard InChI is InChI=1S/C16H17NO2/c1-12-9-13(11-18)7-8-16(12)17(2)14-5-4-6-15(10-14)19-3/h4-11H,1-3H3. The Kier molecular flexibility index (Phi) is 3.85. The van der Waals surface area contributed by atoms with Gasteiger partial charge in [0.1, 0.15) is 12.0 Å². The smallest absolute Gasteiger partial charge is 0.150 e. The molecule has 0 saturated carbocycles.